The van der Waals surface area contributed by atoms with E-state index in [1.807, 2.05) is 48.5 Å². The Kier molecular flexibility index (Phi) is 3.91. The van der Waals surface area contributed by atoms with Gasteiger partial charge in [-0.25, -0.2) is 0 Å². The molecule has 4 aromatic rings. The Bertz CT molecular complexity index is 1070. The second-order valence-electron chi connectivity index (χ2n) is 6.11. The second-order valence-corrected chi connectivity index (χ2v) is 6.11. The minimum Gasteiger partial charge on any atom is -0.322 e. The van der Waals surface area contributed by atoms with Crippen LogP contribution in [0.1, 0.15) is 17.3 Å². The van der Waals surface area contributed by atoms with Gasteiger partial charge in [-0.3, -0.25) is 20.0 Å². The maximum atomic E-state index is 11.8. The molecule has 124 valence electrons. The van der Waals surface area contributed by atoms with Gasteiger partial charge in [-0.1, -0.05) is 36.4 Å². The SMILES string of the molecule is NC(Cc1ccccc1)c1cc(-c2ccc3[nH][nH]c(=O)c3c2)ccn1. The summed E-state index contributed by atoms with van der Waals surface area (Å²) in [7, 11) is 0. The van der Waals surface area contributed by atoms with E-state index in [-0.39, 0.29) is 11.6 Å². The van der Waals surface area contributed by atoms with Gasteiger partial charge < -0.3 is 5.73 Å². The fraction of sp³-hybridized carbons (Fsp3) is 0.100. The van der Waals surface area contributed by atoms with E-state index in [9.17, 15) is 4.79 Å². The van der Waals surface area contributed by atoms with Crippen molar-refractivity contribution in [3.05, 3.63) is 88.5 Å². The smallest absolute Gasteiger partial charge is 0.271 e. The molecule has 0 saturated heterocycles. The van der Waals surface area contributed by atoms with Crippen molar-refractivity contribution in [3.63, 3.8) is 0 Å². The Morgan fingerprint density at radius 3 is 2.60 bits per heavy atom. The van der Waals surface area contributed by atoms with Crippen molar-refractivity contribution in [1.82, 2.24) is 15.2 Å². The minimum atomic E-state index is -0.179. The number of fused-ring (bicyclic) bond motifs is 1. The predicted octanol–water partition coefficient (Wildman–Crippen LogP) is 3.16. The molecule has 0 saturated carbocycles. The van der Waals surface area contributed by atoms with Crippen LogP contribution in [0.15, 0.2) is 71.7 Å². The van der Waals surface area contributed by atoms with E-state index in [4.69, 9.17) is 5.73 Å². The molecule has 0 aliphatic carbocycles. The number of H-pyrrole nitrogens is 2. The van der Waals surface area contributed by atoms with Crippen LogP contribution in [0.3, 0.4) is 0 Å². The van der Waals surface area contributed by atoms with Crippen LogP contribution in [0.5, 0.6) is 0 Å². The first-order valence-corrected chi connectivity index (χ1v) is 8.17. The average Bonchev–Trinajstić information content (AvgIpc) is 3.03. The zero-order valence-corrected chi connectivity index (χ0v) is 13.6. The standard InChI is InChI=1S/C20H18N4O/c21-17(10-13-4-2-1-3-5-13)19-12-15(8-9-22-19)14-6-7-18-16(11-14)20(25)24-23-18/h1-9,11-12,17H,10,21H2,(H2,23,24,25). The monoisotopic (exact) mass is 330 g/mol. The Morgan fingerprint density at radius 1 is 0.960 bits per heavy atom. The average molecular weight is 330 g/mol. The van der Waals surface area contributed by atoms with Crippen LogP contribution < -0.4 is 11.3 Å². The summed E-state index contributed by atoms with van der Waals surface area (Å²) in [6.07, 6.45) is 2.49. The lowest BCUT2D eigenvalue weighted by molar-refractivity contribution is 0.697. The lowest BCUT2D eigenvalue weighted by Gasteiger charge is -2.12. The normalized spacial score (nSPS) is 12.4. The molecule has 4 N–H and O–H groups in total. The van der Waals surface area contributed by atoms with Crippen LogP contribution in [-0.4, -0.2) is 15.2 Å². The van der Waals surface area contributed by atoms with Gasteiger partial charge in [-0.05, 0) is 47.4 Å². The number of pyridine rings is 1. The molecule has 0 aliphatic rings. The highest BCUT2D eigenvalue weighted by Crippen LogP contribution is 2.24. The van der Waals surface area contributed by atoms with E-state index in [2.05, 4.69) is 27.3 Å². The molecule has 0 radical (unpaired) electrons. The Morgan fingerprint density at radius 2 is 1.76 bits per heavy atom. The molecule has 5 nitrogen and oxygen atoms in total. The highest BCUT2D eigenvalue weighted by Gasteiger charge is 2.11. The third kappa shape index (κ3) is 3.09. The van der Waals surface area contributed by atoms with Crippen molar-refractivity contribution in [1.29, 1.82) is 0 Å². The zero-order valence-electron chi connectivity index (χ0n) is 13.6. The number of hydrogen-bond donors (Lipinski definition) is 3. The maximum Gasteiger partial charge on any atom is 0.271 e. The van der Waals surface area contributed by atoms with E-state index >= 15 is 0 Å². The summed E-state index contributed by atoms with van der Waals surface area (Å²) in [5.74, 6) is 0. The highest BCUT2D eigenvalue weighted by molar-refractivity contribution is 5.83. The second kappa shape index (κ2) is 6.37. The number of nitrogens with two attached hydrogens (primary N) is 1. The van der Waals surface area contributed by atoms with E-state index in [1.165, 1.54) is 5.56 Å². The maximum absolute atomic E-state index is 11.8. The van der Waals surface area contributed by atoms with Gasteiger partial charge in [-0.2, -0.15) is 0 Å². The van der Waals surface area contributed by atoms with Crippen molar-refractivity contribution >= 4 is 10.9 Å². The number of rotatable bonds is 4. The van der Waals surface area contributed by atoms with Crippen molar-refractivity contribution in [2.45, 2.75) is 12.5 Å². The molecule has 1 atom stereocenters. The Labute approximate surface area is 144 Å². The first-order chi connectivity index (χ1) is 12.2. The van der Waals surface area contributed by atoms with E-state index < -0.39 is 0 Å². The largest absolute Gasteiger partial charge is 0.322 e. The highest BCUT2D eigenvalue weighted by atomic mass is 16.1. The lowest BCUT2D eigenvalue weighted by Crippen LogP contribution is -2.14. The topological polar surface area (TPSA) is 87.6 Å². The van der Waals surface area contributed by atoms with E-state index in [0.29, 0.717) is 5.39 Å². The first kappa shape index (κ1) is 15.4. The molecule has 0 bridgehead atoms. The number of aromatic nitrogens is 3. The molecular formula is C20H18N4O. The molecule has 0 aliphatic heterocycles. The van der Waals surface area contributed by atoms with Gasteiger partial charge in [0.25, 0.3) is 5.56 Å². The third-order valence-corrected chi connectivity index (χ3v) is 4.37. The number of nitrogens with zero attached hydrogens (tertiary/aromatic N) is 1. The zero-order chi connectivity index (χ0) is 17.2. The molecule has 0 amide bonds. The van der Waals surface area contributed by atoms with Crippen molar-refractivity contribution in [2.24, 2.45) is 5.73 Å². The van der Waals surface area contributed by atoms with Crippen molar-refractivity contribution < 1.29 is 0 Å². The molecule has 0 fully saturated rings. The number of nitrogens with one attached hydrogen (secondary N) is 2. The Hall–Kier alpha value is -3.18. The molecular weight excluding hydrogens is 312 g/mol. The quantitative estimate of drug-likeness (QED) is 0.537. The fourth-order valence-corrected chi connectivity index (χ4v) is 3.02. The molecule has 2 aromatic heterocycles. The number of benzene rings is 2. The number of aromatic amines is 2. The first-order valence-electron chi connectivity index (χ1n) is 8.17. The van der Waals surface area contributed by atoms with Crippen LogP contribution in [0.2, 0.25) is 0 Å². The van der Waals surface area contributed by atoms with Gasteiger partial charge >= 0.3 is 0 Å². The summed E-state index contributed by atoms with van der Waals surface area (Å²) < 4.78 is 0. The van der Waals surface area contributed by atoms with Crippen LogP contribution in [0.4, 0.5) is 0 Å². The van der Waals surface area contributed by atoms with E-state index in [1.54, 1.807) is 6.20 Å². The Balaban J connectivity index is 1.66. The van der Waals surface area contributed by atoms with Gasteiger partial charge in [-0.15, -0.1) is 0 Å². The summed E-state index contributed by atoms with van der Waals surface area (Å²) >= 11 is 0. The van der Waals surface area contributed by atoms with Crippen LogP contribution in [0, 0.1) is 0 Å². The summed E-state index contributed by atoms with van der Waals surface area (Å²) in [6, 6.07) is 19.6. The summed E-state index contributed by atoms with van der Waals surface area (Å²) in [5.41, 5.74) is 11.0. The molecule has 4 rings (SSSR count). The molecule has 5 heteroatoms. The van der Waals surface area contributed by atoms with Crippen molar-refractivity contribution in [2.75, 3.05) is 0 Å². The fourth-order valence-electron chi connectivity index (χ4n) is 3.02. The summed E-state index contributed by atoms with van der Waals surface area (Å²) in [4.78, 5) is 16.3. The van der Waals surface area contributed by atoms with Crippen LogP contribution >= 0.6 is 0 Å². The lowest BCUT2D eigenvalue weighted by atomic mass is 10.00. The van der Waals surface area contributed by atoms with Gasteiger partial charge in [0.05, 0.1) is 22.6 Å². The van der Waals surface area contributed by atoms with E-state index in [0.717, 1.165) is 28.8 Å². The molecule has 2 heterocycles. The third-order valence-electron chi connectivity index (χ3n) is 4.37. The summed E-state index contributed by atoms with van der Waals surface area (Å²) in [5, 5.41) is 6.10. The van der Waals surface area contributed by atoms with Gasteiger partial charge in [0.1, 0.15) is 0 Å². The molecule has 1 unspecified atom stereocenters. The minimum absolute atomic E-state index is 0.119. The molecule has 2 aromatic carbocycles. The van der Waals surface area contributed by atoms with Crippen LogP contribution in [0.25, 0.3) is 22.0 Å². The summed E-state index contributed by atoms with van der Waals surface area (Å²) in [6.45, 7) is 0. The molecule has 25 heavy (non-hydrogen) atoms. The molecule has 0 spiro atoms. The van der Waals surface area contributed by atoms with Crippen molar-refractivity contribution in [3.8, 4) is 11.1 Å². The van der Waals surface area contributed by atoms with Gasteiger partial charge in [0, 0.05) is 6.20 Å². The van der Waals surface area contributed by atoms with Gasteiger partial charge in [0.2, 0.25) is 0 Å². The predicted molar refractivity (Wildman–Crippen MR) is 99.2 cm³/mol. The van der Waals surface area contributed by atoms with Gasteiger partial charge in [0.15, 0.2) is 0 Å². The van der Waals surface area contributed by atoms with Crippen LogP contribution in [-0.2, 0) is 6.42 Å². The number of hydrogen-bond acceptors (Lipinski definition) is 3.